The second-order valence-electron chi connectivity index (χ2n) is 3.86. The molecule has 1 atom stereocenters. The molecule has 0 radical (unpaired) electrons. The highest BCUT2D eigenvalue weighted by atomic mass is 32.2. The summed E-state index contributed by atoms with van der Waals surface area (Å²) in [5.74, 6) is 0. The molecule has 2 heterocycles. The third kappa shape index (κ3) is 1.93. The van der Waals surface area contributed by atoms with Gasteiger partial charge in [0.15, 0.2) is 5.58 Å². The van der Waals surface area contributed by atoms with E-state index in [4.69, 9.17) is 4.42 Å². The zero-order chi connectivity index (χ0) is 12.5. The van der Waals surface area contributed by atoms with Gasteiger partial charge in [-0.2, -0.15) is 4.57 Å². The van der Waals surface area contributed by atoms with Gasteiger partial charge in [0.25, 0.3) is 0 Å². The van der Waals surface area contributed by atoms with Crippen LogP contribution in [0.5, 0.6) is 0 Å². The highest BCUT2D eigenvalue weighted by molar-refractivity contribution is 7.84. The Labute approximate surface area is 106 Å². The Hall–Kier alpha value is -2.01. The summed E-state index contributed by atoms with van der Waals surface area (Å²) in [6.07, 6.45) is 5.24. The van der Waals surface area contributed by atoms with Gasteiger partial charge < -0.3 is 4.42 Å². The molecule has 4 nitrogen and oxygen atoms in total. The van der Waals surface area contributed by atoms with E-state index in [0.29, 0.717) is 6.01 Å². The fourth-order valence-electron chi connectivity index (χ4n) is 1.70. The first kappa shape index (κ1) is 11.1. The molecule has 0 aliphatic heterocycles. The average Bonchev–Trinajstić information content (AvgIpc) is 2.82. The maximum absolute atomic E-state index is 11.3. The molecule has 0 bridgehead atoms. The van der Waals surface area contributed by atoms with Gasteiger partial charge in [-0.25, -0.2) is 0 Å². The van der Waals surface area contributed by atoms with Crippen LogP contribution in [0.3, 0.4) is 0 Å². The Morgan fingerprint density at radius 2 is 1.89 bits per heavy atom. The first-order valence-corrected chi connectivity index (χ1v) is 7.00. The lowest BCUT2D eigenvalue weighted by molar-refractivity contribution is -0.613. The van der Waals surface area contributed by atoms with Gasteiger partial charge in [0.1, 0.15) is 12.4 Å². The molecule has 0 aliphatic carbocycles. The van der Waals surface area contributed by atoms with Crippen LogP contribution >= 0.6 is 0 Å². The Morgan fingerprint density at radius 3 is 2.56 bits per heavy atom. The summed E-state index contributed by atoms with van der Waals surface area (Å²) in [6, 6.07) is 11.7. The zero-order valence-electron chi connectivity index (χ0n) is 9.74. The zero-order valence-corrected chi connectivity index (χ0v) is 10.6. The maximum Gasteiger partial charge on any atom is 0.509 e. The molecule has 1 unspecified atom stereocenters. The van der Waals surface area contributed by atoms with E-state index in [-0.39, 0.29) is 0 Å². The van der Waals surface area contributed by atoms with Crippen molar-refractivity contribution in [1.82, 2.24) is 4.98 Å². The number of hydrogen-bond acceptors (Lipinski definition) is 3. The fourth-order valence-corrected chi connectivity index (χ4v) is 2.21. The van der Waals surface area contributed by atoms with E-state index in [1.54, 1.807) is 35.3 Å². The third-order valence-electron chi connectivity index (χ3n) is 2.63. The Morgan fingerprint density at radius 1 is 1.17 bits per heavy atom. The van der Waals surface area contributed by atoms with Gasteiger partial charge in [0.05, 0.1) is 10.8 Å². The van der Waals surface area contributed by atoms with Crippen LogP contribution in [-0.4, -0.2) is 15.4 Å². The Kier molecular flexibility index (Phi) is 2.68. The number of fused-ring (bicyclic) bond motifs is 1. The van der Waals surface area contributed by atoms with Gasteiger partial charge >= 0.3 is 6.01 Å². The normalized spacial score (nSPS) is 12.7. The van der Waals surface area contributed by atoms with E-state index < -0.39 is 10.8 Å². The number of nitrogens with zero attached hydrogens (tertiary/aromatic N) is 2. The van der Waals surface area contributed by atoms with Crippen LogP contribution in [0, 0.1) is 0 Å². The van der Waals surface area contributed by atoms with E-state index in [2.05, 4.69) is 4.98 Å². The molecule has 0 N–H and O–H groups in total. The first-order chi connectivity index (χ1) is 8.74. The maximum atomic E-state index is 11.3. The molecule has 0 aliphatic rings. The summed E-state index contributed by atoms with van der Waals surface area (Å²) in [5.41, 5.74) is 1.58. The van der Waals surface area contributed by atoms with Crippen molar-refractivity contribution in [2.45, 2.75) is 4.90 Å². The molecule has 3 rings (SSSR count). The van der Waals surface area contributed by atoms with E-state index in [9.17, 15) is 4.21 Å². The van der Waals surface area contributed by atoms with Crippen LogP contribution < -0.4 is 4.57 Å². The first-order valence-electron chi connectivity index (χ1n) is 5.45. The van der Waals surface area contributed by atoms with Gasteiger partial charge in [-0.15, -0.1) is 0 Å². The number of hydrogen-bond donors (Lipinski definition) is 0. The van der Waals surface area contributed by atoms with Crippen LogP contribution in [0.4, 0.5) is 0 Å². The van der Waals surface area contributed by atoms with Crippen molar-refractivity contribution in [2.24, 2.45) is 0 Å². The number of pyridine rings is 1. The summed E-state index contributed by atoms with van der Waals surface area (Å²) >= 11 is 0. The molecular weight excluding hydrogens is 248 g/mol. The van der Waals surface area contributed by atoms with Crippen molar-refractivity contribution in [2.75, 3.05) is 6.26 Å². The van der Waals surface area contributed by atoms with Gasteiger partial charge in [-0.1, -0.05) is 12.1 Å². The molecule has 0 amide bonds. The molecule has 1 aromatic carbocycles. The highest BCUT2D eigenvalue weighted by Gasteiger charge is 2.16. The van der Waals surface area contributed by atoms with Gasteiger partial charge in [0.2, 0.25) is 5.52 Å². The minimum Gasteiger partial charge on any atom is -0.384 e. The van der Waals surface area contributed by atoms with Crippen LogP contribution in [0.2, 0.25) is 0 Å². The summed E-state index contributed by atoms with van der Waals surface area (Å²) in [6.45, 7) is 0. The van der Waals surface area contributed by atoms with Crippen LogP contribution in [0.15, 0.2) is 58.1 Å². The second-order valence-corrected chi connectivity index (χ2v) is 5.24. The highest BCUT2D eigenvalue weighted by Crippen LogP contribution is 2.14. The molecule has 2 aromatic heterocycles. The van der Waals surface area contributed by atoms with E-state index in [1.165, 1.54) is 0 Å². The topological polar surface area (TPSA) is 47.0 Å². The van der Waals surface area contributed by atoms with Crippen LogP contribution in [-0.2, 0) is 10.8 Å². The summed E-state index contributed by atoms with van der Waals surface area (Å²) in [5, 5.41) is 0. The van der Waals surface area contributed by atoms with Gasteiger partial charge in [-0.3, -0.25) is 4.21 Å². The van der Waals surface area contributed by atoms with Crippen molar-refractivity contribution >= 4 is 21.9 Å². The standard InChI is InChI=1S/C13H11N2O2S/c1-18(16)10-6-8-15(9-7-10)13-14-11-4-2-3-5-12(11)17-13/h2-9H,1H3/q+1. The number of oxazole rings is 1. The van der Waals surface area contributed by atoms with Crippen molar-refractivity contribution in [3.8, 4) is 6.01 Å². The molecule has 0 saturated carbocycles. The van der Waals surface area contributed by atoms with Crippen molar-refractivity contribution in [1.29, 1.82) is 0 Å². The number of para-hydroxylation sites is 2. The van der Waals surface area contributed by atoms with E-state index >= 15 is 0 Å². The molecule has 0 fully saturated rings. The van der Waals surface area contributed by atoms with Crippen molar-refractivity contribution < 1.29 is 13.2 Å². The molecule has 0 spiro atoms. The van der Waals surface area contributed by atoms with Crippen molar-refractivity contribution in [3.05, 3.63) is 48.8 Å². The lowest BCUT2D eigenvalue weighted by Gasteiger charge is -1.94. The average molecular weight is 259 g/mol. The van der Waals surface area contributed by atoms with Gasteiger partial charge in [0, 0.05) is 16.1 Å². The van der Waals surface area contributed by atoms with E-state index in [0.717, 1.165) is 16.0 Å². The number of aromatic nitrogens is 2. The molecule has 18 heavy (non-hydrogen) atoms. The second kappa shape index (κ2) is 4.34. The predicted molar refractivity (Wildman–Crippen MR) is 67.9 cm³/mol. The smallest absolute Gasteiger partial charge is 0.384 e. The largest absolute Gasteiger partial charge is 0.509 e. The van der Waals surface area contributed by atoms with Crippen LogP contribution in [0.25, 0.3) is 17.1 Å². The lowest BCUT2D eigenvalue weighted by Crippen LogP contribution is -2.29. The quantitative estimate of drug-likeness (QED) is 0.660. The molecule has 5 heteroatoms. The molecular formula is C13H11N2O2S+. The predicted octanol–water partition coefficient (Wildman–Crippen LogP) is 1.84. The fraction of sp³-hybridized carbons (Fsp3) is 0.0769. The third-order valence-corrected chi connectivity index (χ3v) is 3.57. The lowest BCUT2D eigenvalue weighted by atomic mass is 10.3. The van der Waals surface area contributed by atoms with Crippen LogP contribution in [0.1, 0.15) is 0 Å². The summed E-state index contributed by atoms with van der Waals surface area (Å²) < 4.78 is 18.7. The minimum absolute atomic E-state index is 0.504. The Balaban J connectivity index is 2.06. The van der Waals surface area contributed by atoms with Crippen molar-refractivity contribution in [3.63, 3.8) is 0 Å². The minimum atomic E-state index is -0.973. The van der Waals surface area contributed by atoms with Gasteiger partial charge in [-0.05, 0) is 24.3 Å². The molecule has 3 aromatic rings. The summed E-state index contributed by atoms with van der Waals surface area (Å²) in [7, 11) is -0.973. The number of benzene rings is 1. The number of rotatable bonds is 2. The molecule has 90 valence electrons. The summed E-state index contributed by atoms with van der Waals surface area (Å²) in [4.78, 5) is 5.16. The Bertz CT molecular complexity index is 686. The monoisotopic (exact) mass is 259 g/mol. The SMILES string of the molecule is CS(=O)c1cc[n+](-c2nc3ccccc3o2)cc1. The van der Waals surface area contributed by atoms with E-state index in [1.807, 2.05) is 24.3 Å². The molecule has 0 saturated heterocycles.